The van der Waals surface area contributed by atoms with Crippen molar-refractivity contribution in [1.82, 2.24) is 15.1 Å². The van der Waals surface area contributed by atoms with Gasteiger partial charge >= 0.3 is 0 Å². The van der Waals surface area contributed by atoms with Crippen LogP contribution in [0.1, 0.15) is 24.0 Å². The SMILES string of the molecule is COc1cc(/C=C2\CCCN3C2=NOC3(CO)Cc2ccc(F)cc2)ccc1-c1ccn[nH]1. The molecule has 2 aromatic carbocycles. The Labute approximate surface area is 191 Å². The van der Waals surface area contributed by atoms with Crippen LogP contribution in [0.4, 0.5) is 4.39 Å². The number of hydrogen-bond acceptors (Lipinski definition) is 6. The molecule has 2 aliphatic rings. The predicted octanol–water partition coefficient (Wildman–Crippen LogP) is 3.98. The first-order valence-electron chi connectivity index (χ1n) is 10.9. The first-order chi connectivity index (χ1) is 16.1. The number of rotatable bonds is 6. The molecule has 1 atom stereocenters. The number of nitrogens with zero attached hydrogens (tertiary/aromatic N) is 3. The average molecular weight is 448 g/mol. The maximum absolute atomic E-state index is 13.3. The maximum atomic E-state index is 13.3. The van der Waals surface area contributed by atoms with Crippen LogP contribution in [0.25, 0.3) is 17.3 Å². The van der Waals surface area contributed by atoms with Gasteiger partial charge in [-0.15, -0.1) is 0 Å². The molecular weight excluding hydrogens is 423 g/mol. The Balaban J connectivity index is 1.42. The highest BCUT2D eigenvalue weighted by molar-refractivity contribution is 6.03. The van der Waals surface area contributed by atoms with Crippen LogP contribution in [-0.4, -0.2) is 52.0 Å². The van der Waals surface area contributed by atoms with Gasteiger partial charge in [-0.2, -0.15) is 5.10 Å². The molecule has 0 spiro atoms. The first kappa shape index (κ1) is 21.2. The first-order valence-corrected chi connectivity index (χ1v) is 10.9. The van der Waals surface area contributed by atoms with Crippen molar-refractivity contribution < 1.29 is 19.1 Å². The molecular formula is C25H25FN4O3. The van der Waals surface area contributed by atoms with Crippen LogP contribution in [0, 0.1) is 5.82 Å². The molecule has 170 valence electrons. The number of hydrogen-bond donors (Lipinski definition) is 2. The summed E-state index contributed by atoms with van der Waals surface area (Å²) in [5.74, 6) is 1.18. The summed E-state index contributed by atoms with van der Waals surface area (Å²) in [5, 5.41) is 21.6. The number of benzene rings is 2. The zero-order valence-electron chi connectivity index (χ0n) is 18.3. The van der Waals surface area contributed by atoms with Crippen LogP contribution in [0.3, 0.4) is 0 Å². The summed E-state index contributed by atoms with van der Waals surface area (Å²) in [6.07, 6.45) is 5.94. The van der Waals surface area contributed by atoms with Gasteiger partial charge in [0.2, 0.25) is 5.72 Å². The van der Waals surface area contributed by atoms with E-state index in [1.807, 2.05) is 29.2 Å². The predicted molar refractivity (Wildman–Crippen MR) is 123 cm³/mol. The normalized spacial score (nSPS) is 21.0. The number of amidine groups is 1. The van der Waals surface area contributed by atoms with E-state index in [9.17, 15) is 9.50 Å². The molecule has 0 aliphatic carbocycles. The Morgan fingerprint density at radius 3 is 2.82 bits per heavy atom. The molecule has 0 bridgehead atoms. The lowest BCUT2D eigenvalue weighted by Gasteiger charge is -2.38. The highest BCUT2D eigenvalue weighted by Gasteiger charge is 2.47. The topological polar surface area (TPSA) is 83.0 Å². The summed E-state index contributed by atoms with van der Waals surface area (Å²) < 4.78 is 18.9. The molecule has 1 fully saturated rings. The van der Waals surface area contributed by atoms with Crippen LogP contribution in [0.2, 0.25) is 0 Å². The third-order valence-corrected chi connectivity index (χ3v) is 6.16. The fraction of sp³-hybridized carbons (Fsp3) is 0.280. The lowest BCUT2D eigenvalue weighted by Crippen LogP contribution is -2.54. The van der Waals surface area contributed by atoms with Crippen LogP contribution >= 0.6 is 0 Å². The zero-order valence-corrected chi connectivity index (χ0v) is 18.3. The van der Waals surface area contributed by atoms with Gasteiger partial charge in [0.1, 0.15) is 18.2 Å². The fourth-order valence-electron chi connectivity index (χ4n) is 4.48. The largest absolute Gasteiger partial charge is 0.496 e. The third kappa shape index (κ3) is 3.98. The van der Waals surface area contributed by atoms with Gasteiger partial charge in [-0.3, -0.25) is 5.10 Å². The molecule has 0 saturated carbocycles. The number of aliphatic hydroxyl groups excluding tert-OH is 1. The minimum Gasteiger partial charge on any atom is -0.496 e. The van der Waals surface area contributed by atoms with Crippen LogP contribution in [0.15, 0.2) is 65.5 Å². The van der Waals surface area contributed by atoms with E-state index in [4.69, 9.17) is 9.57 Å². The lowest BCUT2D eigenvalue weighted by molar-refractivity contribution is -0.129. The second-order valence-electron chi connectivity index (χ2n) is 8.27. The zero-order chi connectivity index (χ0) is 22.8. The maximum Gasteiger partial charge on any atom is 0.238 e. The Kier molecular flexibility index (Phi) is 5.60. The van der Waals surface area contributed by atoms with E-state index in [-0.39, 0.29) is 12.4 Å². The van der Waals surface area contributed by atoms with E-state index in [1.54, 1.807) is 25.4 Å². The van der Waals surface area contributed by atoms with Crippen molar-refractivity contribution in [3.63, 3.8) is 0 Å². The second-order valence-corrected chi connectivity index (χ2v) is 8.27. The number of piperidine rings is 1. The number of aliphatic hydroxyl groups is 1. The average Bonchev–Trinajstić information content (AvgIpc) is 3.50. The molecule has 2 aliphatic heterocycles. The Bertz CT molecular complexity index is 1190. The summed E-state index contributed by atoms with van der Waals surface area (Å²) >= 11 is 0. The molecule has 1 saturated heterocycles. The molecule has 5 rings (SSSR count). The van der Waals surface area contributed by atoms with Crippen molar-refractivity contribution in [3.8, 4) is 17.0 Å². The molecule has 7 nitrogen and oxygen atoms in total. The highest BCUT2D eigenvalue weighted by atomic mass is 19.1. The lowest BCUT2D eigenvalue weighted by atomic mass is 9.95. The summed E-state index contributed by atoms with van der Waals surface area (Å²) in [4.78, 5) is 7.88. The standard InChI is InChI=1S/C25H25FN4O3/c1-32-23-14-18(6-9-21(23)22-10-11-27-28-22)13-19-3-2-12-30-24(19)29-33-25(30,16-31)15-17-4-7-20(26)8-5-17/h4-11,13-14,31H,2-3,12,15-16H2,1H3,(H,27,28)/b19-13+. The molecule has 1 unspecified atom stereocenters. The van der Waals surface area contributed by atoms with Gasteiger partial charge in [-0.1, -0.05) is 23.4 Å². The van der Waals surface area contributed by atoms with E-state index in [0.717, 1.165) is 58.9 Å². The van der Waals surface area contributed by atoms with Gasteiger partial charge in [0.15, 0.2) is 5.84 Å². The second kappa shape index (κ2) is 8.71. The van der Waals surface area contributed by atoms with Crippen LogP contribution in [0.5, 0.6) is 5.75 Å². The summed E-state index contributed by atoms with van der Waals surface area (Å²) in [6.45, 7) is 0.497. The van der Waals surface area contributed by atoms with Crippen molar-refractivity contribution in [1.29, 1.82) is 0 Å². The Morgan fingerprint density at radius 1 is 1.24 bits per heavy atom. The molecule has 2 N–H and O–H groups in total. The summed E-state index contributed by atoms with van der Waals surface area (Å²) in [7, 11) is 1.65. The van der Waals surface area contributed by atoms with Gasteiger partial charge in [0.25, 0.3) is 0 Å². The van der Waals surface area contributed by atoms with E-state index in [1.165, 1.54) is 12.1 Å². The van der Waals surface area contributed by atoms with Gasteiger partial charge in [0, 0.05) is 24.7 Å². The minimum absolute atomic E-state index is 0.225. The third-order valence-electron chi connectivity index (χ3n) is 6.16. The molecule has 33 heavy (non-hydrogen) atoms. The number of aromatic nitrogens is 2. The van der Waals surface area contributed by atoms with E-state index in [2.05, 4.69) is 21.4 Å². The van der Waals surface area contributed by atoms with E-state index >= 15 is 0 Å². The summed E-state index contributed by atoms with van der Waals surface area (Å²) in [6, 6.07) is 14.2. The number of oxime groups is 1. The van der Waals surface area contributed by atoms with Crippen molar-refractivity contribution in [3.05, 3.63) is 77.2 Å². The Hall–Kier alpha value is -3.65. The molecule has 3 heterocycles. The Morgan fingerprint density at radius 2 is 2.09 bits per heavy atom. The number of nitrogens with one attached hydrogen (secondary N) is 1. The molecule has 1 aromatic heterocycles. The number of halogens is 1. The van der Waals surface area contributed by atoms with Gasteiger partial charge in [-0.05, 0) is 65.9 Å². The fourth-order valence-corrected chi connectivity index (χ4v) is 4.48. The van der Waals surface area contributed by atoms with Crippen molar-refractivity contribution in [2.24, 2.45) is 5.16 Å². The minimum atomic E-state index is -0.991. The molecule has 3 aromatic rings. The number of fused-ring (bicyclic) bond motifs is 1. The smallest absolute Gasteiger partial charge is 0.238 e. The van der Waals surface area contributed by atoms with E-state index in [0.29, 0.717) is 6.42 Å². The van der Waals surface area contributed by atoms with Crippen molar-refractivity contribution in [2.75, 3.05) is 20.3 Å². The number of H-pyrrole nitrogens is 1. The van der Waals surface area contributed by atoms with Gasteiger partial charge in [-0.25, -0.2) is 4.39 Å². The van der Waals surface area contributed by atoms with Crippen molar-refractivity contribution >= 4 is 11.9 Å². The number of aromatic amines is 1. The summed E-state index contributed by atoms with van der Waals surface area (Å²) in [5.41, 5.74) is 3.72. The molecule has 0 radical (unpaired) electrons. The number of methoxy groups -OCH3 is 1. The quantitative estimate of drug-likeness (QED) is 0.596. The molecule has 0 amide bonds. The van der Waals surface area contributed by atoms with E-state index < -0.39 is 5.72 Å². The number of ether oxygens (including phenoxy) is 1. The van der Waals surface area contributed by atoms with Crippen molar-refractivity contribution in [2.45, 2.75) is 25.0 Å². The monoisotopic (exact) mass is 448 g/mol. The molecule has 8 heteroatoms. The van der Waals surface area contributed by atoms with Crippen LogP contribution in [-0.2, 0) is 11.3 Å². The van der Waals surface area contributed by atoms with Gasteiger partial charge in [0.05, 0.1) is 12.8 Å². The van der Waals surface area contributed by atoms with Gasteiger partial charge < -0.3 is 19.6 Å². The van der Waals surface area contributed by atoms with Crippen LogP contribution < -0.4 is 4.74 Å². The highest BCUT2D eigenvalue weighted by Crippen LogP contribution is 2.36.